The Morgan fingerprint density at radius 1 is 0.579 bits per heavy atom. The van der Waals surface area contributed by atoms with Gasteiger partial charge in [-0.2, -0.15) is 23.5 Å². The summed E-state index contributed by atoms with van der Waals surface area (Å²) in [6.07, 6.45) is 13.4. The lowest BCUT2D eigenvalue weighted by atomic mass is 9.91. The van der Waals surface area contributed by atoms with Crippen LogP contribution in [0.3, 0.4) is 0 Å². The number of carboxylic acid groups (broad SMARTS) is 2. The molecule has 0 radical (unpaired) electrons. The number of hydrogen-bond donors (Lipinski definition) is 15. The van der Waals surface area contributed by atoms with Crippen LogP contribution < -0.4 is 69.5 Å². The van der Waals surface area contributed by atoms with Crippen LogP contribution in [0, 0.1) is 23.2 Å². The predicted octanol–water partition coefficient (Wildman–Crippen LogP) is 2.39. The van der Waals surface area contributed by atoms with Crippen molar-refractivity contribution in [1.29, 1.82) is 0 Å². The van der Waals surface area contributed by atoms with E-state index < -0.39 is 199 Å². The molecule has 36 heteroatoms. The highest BCUT2D eigenvalue weighted by molar-refractivity contribution is 8.00. The Bertz CT molecular complexity index is 3200. The molecule has 13 amide bonds. The average Bonchev–Trinajstić information content (AvgIpc) is 1.61. The fourth-order valence-corrected chi connectivity index (χ4v) is 16.5. The number of amides is 13. The first-order chi connectivity index (χ1) is 54.0. The SMILES string of the molecule is CCCCCCCCCCCCCCCCCC(=O)NCCC(=O)N[C@@H](CC(C)C)C(=O)N[C@@H](CC(C)C)C(=O)N[C@H]1CSCC2(COC2)CSC[C@@H](C(=O)N[C@@H](CC(C)C)C(=O)N[C@@H](CC(C)N)C(C)=O)NC(=O)[C@H](CCC(=O)O)NC(=O)CNC(=O)[C@H]2NC(=O)[C@@H](NC(=O)[C@@H]3CCCN3C(=O)[C@H](CC(=O)O)NC1=O)O[C@@H]2C. The van der Waals surface area contributed by atoms with Crippen molar-refractivity contribution in [2.24, 2.45) is 28.9 Å². The molecule has 34 nitrogen and oxygen atoms in total. The van der Waals surface area contributed by atoms with E-state index in [0.29, 0.717) is 12.8 Å². The first-order valence-corrected chi connectivity index (χ1v) is 43.3. The zero-order chi connectivity index (χ0) is 84.6. The summed E-state index contributed by atoms with van der Waals surface area (Å²) >= 11 is 2.28. The van der Waals surface area contributed by atoms with Gasteiger partial charge in [-0.15, -0.1) is 0 Å². The van der Waals surface area contributed by atoms with Crippen molar-refractivity contribution in [3.63, 3.8) is 0 Å². The van der Waals surface area contributed by atoms with Crippen molar-refractivity contribution in [1.82, 2.24) is 68.7 Å². The highest BCUT2D eigenvalue weighted by atomic mass is 32.2. The lowest BCUT2D eigenvalue weighted by Gasteiger charge is -2.41. The molecule has 5 aliphatic rings. The number of carboxylic acids is 2. The third kappa shape index (κ3) is 37.1. The number of ether oxygens (including phenoxy) is 2. The highest BCUT2D eigenvalue weighted by Crippen LogP contribution is 2.36. The van der Waals surface area contributed by atoms with E-state index in [1.165, 1.54) is 84.5 Å². The molecule has 13 atom stereocenters. The normalized spacial score (nSPS) is 22.9. The van der Waals surface area contributed by atoms with E-state index in [4.69, 9.17) is 15.2 Å². The molecular weight excluding hydrogens is 1520 g/mol. The molecule has 5 heterocycles. The van der Waals surface area contributed by atoms with Crippen LogP contribution in [0.2, 0.25) is 0 Å². The molecule has 0 aliphatic carbocycles. The lowest BCUT2D eigenvalue weighted by Crippen LogP contribution is -2.66. The second kappa shape index (κ2) is 52.1. The van der Waals surface area contributed by atoms with E-state index in [0.717, 1.165) is 47.7 Å². The smallest absolute Gasteiger partial charge is 0.305 e. The predicted molar refractivity (Wildman–Crippen MR) is 429 cm³/mol. The Balaban J connectivity index is 1.65. The maximum atomic E-state index is 15.0. The number of thioether (sulfide) groups is 2. The second-order valence-corrected chi connectivity index (χ2v) is 34.4. The van der Waals surface area contributed by atoms with Crippen LogP contribution in [0.1, 0.15) is 236 Å². The minimum Gasteiger partial charge on any atom is -0.481 e. The molecule has 2 bridgehead atoms. The van der Waals surface area contributed by atoms with Crippen LogP contribution in [-0.2, 0) is 86.2 Å². The summed E-state index contributed by atoms with van der Waals surface area (Å²) in [5.74, 6) is -15.1. The van der Waals surface area contributed by atoms with Crippen LogP contribution >= 0.6 is 23.5 Å². The Hall–Kier alpha value is -7.70. The van der Waals surface area contributed by atoms with Gasteiger partial charge in [-0.05, 0) is 89.9 Å². The van der Waals surface area contributed by atoms with Crippen LogP contribution in [-0.4, -0.2) is 244 Å². The van der Waals surface area contributed by atoms with Gasteiger partial charge < -0.3 is 94.1 Å². The number of ketones is 1. The van der Waals surface area contributed by atoms with Gasteiger partial charge in [-0.3, -0.25) is 76.7 Å². The number of morpholine rings is 1. The molecule has 16 N–H and O–H groups in total. The second-order valence-electron chi connectivity index (χ2n) is 32.3. The zero-order valence-corrected chi connectivity index (χ0v) is 70.2. The van der Waals surface area contributed by atoms with Crippen molar-refractivity contribution in [2.75, 3.05) is 55.9 Å². The molecule has 0 aromatic rings. The van der Waals surface area contributed by atoms with E-state index in [2.05, 4.69) is 70.7 Å². The minimum atomic E-state index is -1.87. The highest BCUT2D eigenvalue weighted by Gasteiger charge is 2.45. The summed E-state index contributed by atoms with van der Waals surface area (Å²) in [5.41, 5.74) is 5.24. The summed E-state index contributed by atoms with van der Waals surface area (Å²) in [5, 5.41) is 51.3. The van der Waals surface area contributed by atoms with Gasteiger partial charge in [-0.25, -0.2) is 0 Å². The molecule has 5 saturated heterocycles. The number of nitrogens with zero attached hydrogens (tertiary/aromatic N) is 1. The van der Waals surface area contributed by atoms with Crippen LogP contribution in [0.4, 0.5) is 0 Å². The van der Waals surface area contributed by atoms with E-state index in [1.54, 1.807) is 34.6 Å². The first kappa shape index (κ1) is 98.7. The Labute approximate surface area is 679 Å². The summed E-state index contributed by atoms with van der Waals surface area (Å²) < 4.78 is 11.5. The number of unbranched alkanes of at least 4 members (excludes halogenated alkanes) is 14. The lowest BCUT2D eigenvalue weighted by molar-refractivity contribution is -0.161. The molecule has 646 valence electrons. The monoisotopic (exact) mass is 1650 g/mol. The van der Waals surface area contributed by atoms with Gasteiger partial charge >= 0.3 is 11.9 Å². The Morgan fingerprint density at radius 2 is 1.13 bits per heavy atom. The summed E-state index contributed by atoms with van der Waals surface area (Å²) in [6, 6.07) is -14.8. The molecule has 0 aromatic heterocycles. The van der Waals surface area contributed by atoms with E-state index in [-0.39, 0.29) is 118 Å². The van der Waals surface area contributed by atoms with Gasteiger partial charge in [0.1, 0.15) is 54.4 Å². The number of nitrogens with one attached hydrogen (secondary N) is 12. The molecule has 1 spiro atoms. The minimum absolute atomic E-state index is 0.00250. The van der Waals surface area contributed by atoms with E-state index >= 15 is 4.79 Å². The van der Waals surface area contributed by atoms with Crippen molar-refractivity contribution in [3.05, 3.63) is 0 Å². The summed E-state index contributed by atoms with van der Waals surface area (Å²) in [7, 11) is 0. The topological polar surface area (TPSA) is 506 Å². The first-order valence-electron chi connectivity index (χ1n) is 41.0. The quantitative estimate of drug-likeness (QED) is 0.0308. The van der Waals surface area contributed by atoms with Crippen molar-refractivity contribution >= 4 is 118 Å². The fourth-order valence-electron chi connectivity index (χ4n) is 13.8. The maximum absolute atomic E-state index is 15.0. The number of carbonyl (C=O) groups is 16. The zero-order valence-electron chi connectivity index (χ0n) is 68.6. The van der Waals surface area contributed by atoms with Crippen molar-refractivity contribution < 1.29 is 96.4 Å². The fraction of sp³-hybridized carbons (Fsp3) is 0.795. The van der Waals surface area contributed by atoms with E-state index in [9.17, 15) is 82.1 Å². The van der Waals surface area contributed by atoms with Crippen molar-refractivity contribution in [3.8, 4) is 0 Å². The van der Waals surface area contributed by atoms with Gasteiger partial charge in [0.05, 0.1) is 38.3 Å². The standard InChI is InChI=1S/C78H132N14O20S2/c1-11-12-13-14-15-16-17-18-19-20-21-22-23-24-25-28-61(94)80-32-31-62(95)83-54(34-46(2)3)68(102)85-56(36-48(6)7)70(104)89-59-41-114-45-78(42-111-43-78)44-113-40-58(71(105)86-55(35-47(4)5)69(103)84-53(50(9)93)37-49(8)79)88-67(101)52(29-30-64(97)98)82-63(96)39-81-74(108)66-51(10)112-76(75(109)90-66)91-73(107)60-27-26-33-92(60)77(110)57(38-65(99)100)87-72(59)106/h46-49,51-60,66,76H,11-45,79H2,1-10H3,(H,80,94)(H,81,108)(H,82,96)(H,83,95)(H,84,103)(H,85,102)(H,86,105)(H,87,106)(H,88,101)(H,89,104)(H,90,109)(H,91,107)(H,97,98)(H,99,100)/t49?,51-,52+,53+,54+,55+,56+,57+,58+,59+,60+,66+,76+/m1/s1. The molecule has 5 rings (SSSR count). The number of rotatable bonds is 42. The summed E-state index contributed by atoms with van der Waals surface area (Å²) in [6.45, 7) is 16.6. The summed E-state index contributed by atoms with van der Waals surface area (Å²) in [4.78, 5) is 222. The average molecular weight is 1650 g/mol. The number of fused-ring (bicyclic) bond motifs is 21. The van der Waals surface area contributed by atoms with Gasteiger partial charge in [-0.1, -0.05) is 138 Å². The van der Waals surface area contributed by atoms with Gasteiger partial charge in [0, 0.05) is 66.8 Å². The molecule has 5 aliphatic heterocycles. The molecule has 5 fully saturated rings. The van der Waals surface area contributed by atoms with Crippen LogP contribution in [0.25, 0.3) is 0 Å². The molecule has 0 saturated carbocycles. The number of nitrogens with two attached hydrogens (primary N) is 1. The largest absolute Gasteiger partial charge is 0.481 e. The molecule has 0 aromatic carbocycles. The van der Waals surface area contributed by atoms with Gasteiger partial charge in [0.15, 0.2) is 5.78 Å². The van der Waals surface area contributed by atoms with Crippen molar-refractivity contribution in [2.45, 2.75) is 315 Å². The molecule has 114 heavy (non-hydrogen) atoms. The third-order valence-electron chi connectivity index (χ3n) is 20.1. The van der Waals surface area contributed by atoms with Gasteiger partial charge in [0.2, 0.25) is 77.1 Å². The number of aliphatic carboxylic acids is 2. The van der Waals surface area contributed by atoms with Crippen LogP contribution in [0.15, 0.2) is 0 Å². The number of carbonyl (C=O) groups excluding carboxylic acids is 14. The van der Waals surface area contributed by atoms with Gasteiger partial charge in [0.25, 0.3) is 5.91 Å². The molecular formula is C78H132N14O20S2. The maximum Gasteiger partial charge on any atom is 0.305 e. The third-order valence-corrected chi connectivity index (χ3v) is 22.8. The van der Waals surface area contributed by atoms with Crippen LogP contribution in [0.5, 0.6) is 0 Å². The Kier molecular flexibility index (Phi) is 45.1. The Morgan fingerprint density at radius 3 is 1.67 bits per heavy atom. The molecule has 1 unspecified atom stereocenters. The number of hydrogen-bond acceptors (Lipinski definition) is 21. The van der Waals surface area contributed by atoms with E-state index in [1.807, 2.05) is 13.8 Å². The number of Topliss-reactive ketones (excluding diaryl/α,β-unsaturated/α-hetero) is 1.